The zero-order chi connectivity index (χ0) is 11.0. The molecular formula is C12H16N4. The quantitative estimate of drug-likeness (QED) is 0.793. The van der Waals surface area contributed by atoms with Gasteiger partial charge in [0.15, 0.2) is 0 Å². The Labute approximate surface area is 94.5 Å². The second-order valence-electron chi connectivity index (χ2n) is 4.43. The molecule has 0 aliphatic carbocycles. The summed E-state index contributed by atoms with van der Waals surface area (Å²) in [4.78, 5) is 4.38. The molecule has 16 heavy (non-hydrogen) atoms. The number of hydrogen-bond donors (Lipinski definition) is 2. The van der Waals surface area contributed by atoms with Gasteiger partial charge in [0, 0.05) is 6.54 Å². The molecule has 1 aromatic carbocycles. The molecule has 1 fully saturated rings. The van der Waals surface area contributed by atoms with Crippen LogP contribution in [-0.2, 0) is 6.54 Å². The minimum atomic E-state index is 0.633. The Morgan fingerprint density at radius 1 is 1.44 bits per heavy atom. The van der Waals surface area contributed by atoms with E-state index in [1.807, 2.05) is 18.2 Å². The van der Waals surface area contributed by atoms with Crippen LogP contribution in [0.15, 0.2) is 24.3 Å². The minimum absolute atomic E-state index is 0.633. The third-order valence-electron chi connectivity index (χ3n) is 3.29. The van der Waals surface area contributed by atoms with Crippen LogP contribution in [0, 0.1) is 5.92 Å². The third kappa shape index (κ3) is 1.55. The lowest BCUT2D eigenvalue weighted by atomic mass is 10.1. The van der Waals surface area contributed by atoms with E-state index in [0.717, 1.165) is 30.7 Å². The lowest BCUT2D eigenvalue weighted by Crippen LogP contribution is -2.15. The molecule has 0 saturated carbocycles. The third-order valence-corrected chi connectivity index (χ3v) is 3.29. The summed E-state index contributed by atoms with van der Waals surface area (Å²) in [6.07, 6.45) is 1.23. The fourth-order valence-electron chi connectivity index (χ4n) is 2.41. The molecule has 4 nitrogen and oxygen atoms in total. The second-order valence-corrected chi connectivity index (χ2v) is 4.43. The maximum atomic E-state index is 5.96. The van der Waals surface area contributed by atoms with Crippen LogP contribution < -0.4 is 11.1 Å². The Bertz CT molecular complexity index is 497. The van der Waals surface area contributed by atoms with E-state index in [2.05, 4.69) is 20.9 Å². The van der Waals surface area contributed by atoms with E-state index in [-0.39, 0.29) is 0 Å². The molecule has 84 valence electrons. The molecule has 2 heterocycles. The summed E-state index contributed by atoms with van der Waals surface area (Å²) in [5.41, 5.74) is 8.10. The minimum Gasteiger partial charge on any atom is -0.369 e. The molecule has 0 spiro atoms. The van der Waals surface area contributed by atoms with Gasteiger partial charge in [-0.05, 0) is 37.6 Å². The average molecular weight is 216 g/mol. The first kappa shape index (κ1) is 9.66. The summed E-state index contributed by atoms with van der Waals surface area (Å²) >= 11 is 0. The van der Waals surface area contributed by atoms with Gasteiger partial charge in [0.25, 0.3) is 0 Å². The van der Waals surface area contributed by atoms with Crippen molar-refractivity contribution in [2.45, 2.75) is 13.0 Å². The molecule has 0 amide bonds. The van der Waals surface area contributed by atoms with Crippen molar-refractivity contribution < 1.29 is 0 Å². The molecule has 1 aliphatic rings. The Morgan fingerprint density at radius 2 is 2.31 bits per heavy atom. The maximum Gasteiger partial charge on any atom is 0.201 e. The summed E-state index contributed by atoms with van der Waals surface area (Å²) in [5, 5.41) is 3.38. The van der Waals surface area contributed by atoms with E-state index in [9.17, 15) is 0 Å². The van der Waals surface area contributed by atoms with Crippen LogP contribution in [0.1, 0.15) is 6.42 Å². The standard InChI is InChI=1S/C12H16N4/c13-12-15-10-3-1-2-4-11(10)16(12)8-9-5-6-14-7-9/h1-4,9,14H,5-8H2,(H2,13,15). The SMILES string of the molecule is Nc1nc2ccccc2n1CC1CCNC1. The highest BCUT2D eigenvalue weighted by molar-refractivity contribution is 5.78. The zero-order valence-electron chi connectivity index (χ0n) is 9.19. The van der Waals surface area contributed by atoms with Gasteiger partial charge in [-0.25, -0.2) is 4.98 Å². The smallest absolute Gasteiger partial charge is 0.201 e. The number of fused-ring (bicyclic) bond motifs is 1. The number of nitrogens with zero attached hydrogens (tertiary/aromatic N) is 2. The van der Waals surface area contributed by atoms with Crippen LogP contribution in [0.25, 0.3) is 11.0 Å². The molecule has 1 saturated heterocycles. The van der Waals surface area contributed by atoms with Crippen molar-refractivity contribution in [1.82, 2.24) is 14.9 Å². The van der Waals surface area contributed by atoms with Crippen LogP contribution in [0.4, 0.5) is 5.95 Å². The fraction of sp³-hybridized carbons (Fsp3) is 0.417. The predicted octanol–water partition coefficient (Wildman–Crippen LogP) is 1.23. The van der Waals surface area contributed by atoms with Crippen molar-refractivity contribution in [2.75, 3.05) is 18.8 Å². The van der Waals surface area contributed by atoms with Crippen LogP contribution in [0.3, 0.4) is 0 Å². The molecule has 0 bridgehead atoms. The van der Waals surface area contributed by atoms with E-state index in [0.29, 0.717) is 11.9 Å². The van der Waals surface area contributed by atoms with Crippen molar-refractivity contribution in [3.05, 3.63) is 24.3 Å². The molecular weight excluding hydrogens is 200 g/mol. The largest absolute Gasteiger partial charge is 0.369 e. The number of imidazole rings is 1. The molecule has 3 rings (SSSR count). The lowest BCUT2D eigenvalue weighted by molar-refractivity contribution is 0.493. The Balaban J connectivity index is 1.98. The molecule has 2 aromatic rings. The number of nitrogen functional groups attached to an aromatic ring is 1. The van der Waals surface area contributed by atoms with Crippen molar-refractivity contribution in [2.24, 2.45) is 5.92 Å². The highest BCUT2D eigenvalue weighted by Crippen LogP contribution is 2.20. The summed E-state index contributed by atoms with van der Waals surface area (Å²) < 4.78 is 2.13. The molecule has 4 heteroatoms. The van der Waals surface area contributed by atoms with Gasteiger partial charge < -0.3 is 15.6 Å². The Kier molecular flexibility index (Phi) is 2.29. The summed E-state index contributed by atoms with van der Waals surface area (Å²) in [5.74, 6) is 1.31. The predicted molar refractivity (Wildman–Crippen MR) is 65.1 cm³/mol. The lowest BCUT2D eigenvalue weighted by Gasteiger charge is -2.11. The molecule has 1 aromatic heterocycles. The Hall–Kier alpha value is -1.55. The monoisotopic (exact) mass is 216 g/mol. The molecule has 1 unspecified atom stereocenters. The van der Waals surface area contributed by atoms with Crippen molar-refractivity contribution in [1.29, 1.82) is 0 Å². The van der Waals surface area contributed by atoms with Gasteiger partial charge >= 0.3 is 0 Å². The van der Waals surface area contributed by atoms with Gasteiger partial charge in [0.2, 0.25) is 5.95 Å². The van der Waals surface area contributed by atoms with Gasteiger partial charge in [0.05, 0.1) is 11.0 Å². The first-order chi connectivity index (χ1) is 7.84. The number of benzene rings is 1. The van der Waals surface area contributed by atoms with Crippen molar-refractivity contribution >= 4 is 17.0 Å². The number of anilines is 1. The average Bonchev–Trinajstić information content (AvgIpc) is 2.89. The molecule has 3 N–H and O–H groups in total. The van der Waals surface area contributed by atoms with Crippen LogP contribution in [0.2, 0.25) is 0 Å². The number of rotatable bonds is 2. The molecule has 1 aliphatic heterocycles. The fourth-order valence-corrected chi connectivity index (χ4v) is 2.41. The topological polar surface area (TPSA) is 55.9 Å². The molecule has 1 atom stereocenters. The number of para-hydroxylation sites is 2. The normalized spacial score (nSPS) is 20.6. The first-order valence-electron chi connectivity index (χ1n) is 5.76. The van der Waals surface area contributed by atoms with Gasteiger partial charge in [-0.1, -0.05) is 12.1 Å². The second kappa shape index (κ2) is 3.79. The number of hydrogen-bond acceptors (Lipinski definition) is 3. The van der Waals surface area contributed by atoms with E-state index in [1.165, 1.54) is 6.42 Å². The highest BCUT2D eigenvalue weighted by atomic mass is 15.2. The maximum absolute atomic E-state index is 5.96. The van der Waals surface area contributed by atoms with Crippen LogP contribution in [0.5, 0.6) is 0 Å². The van der Waals surface area contributed by atoms with Gasteiger partial charge in [-0.3, -0.25) is 0 Å². The van der Waals surface area contributed by atoms with Crippen molar-refractivity contribution in [3.8, 4) is 0 Å². The van der Waals surface area contributed by atoms with Crippen LogP contribution in [-0.4, -0.2) is 22.6 Å². The van der Waals surface area contributed by atoms with E-state index in [1.54, 1.807) is 0 Å². The van der Waals surface area contributed by atoms with Gasteiger partial charge in [-0.15, -0.1) is 0 Å². The van der Waals surface area contributed by atoms with Crippen LogP contribution >= 0.6 is 0 Å². The first-order valence-corrected chi connectivity index (χ1v) is 5.76. The van der Waals surface area contributed by atoms with Gasteiger partial charge in [-0.2, -0.15) is 0 Å². The highest BCUT2D eigenvalue weighted by Gasteiger charge is 2.17. The number of nitrogens with one attached hydrogen (secondary N) is 1. The molecule has 0 radical (unpaired) electrons. The summed E-state index contributed by atoms with van der Waals surface area (Å²) in [6, 6.07) is 8.12. The number of nitrogens with two attached hydrogens (primary N) is 1. The van der Waals surface area contributed by atoms with E-state index >= 15 is 0 Å². The van der Waals surface area contributed by atoms with Crippen molar-refractivity contribution in [3.63, 3.8) is 0 Å². The van der Waals surface area contributed by atoms with E-state index in [4.69, 9.17) is 5.73 Å². The Morgan fingerprint density at radius 3 is 3.12 bits per heavy atom. The summed E-state index contributed by atoms with van der Waals surface area (Å²) in [6.45, 7) is 3.18. The summed E-state index contributed by atoms with van der Waals surface area (Å²) in [7, 11) is 0. The number of aromatic nitrogens is 2. The van der Waals surface area contributed by atoms with Gasteiger partial charge in [0.1, 0.15) is 0 Å². The zero-order valence-corrected chi connectivity index (χ0v) is 9.19. The van der Waals surface area contributed by atoms with E-state index < -0.39 is 0 Å².